The van der Waals surface area contributed by atoms with Crippen LogP contribution < -0.4 is 10.1 Å². The largest absolute Gasteiger partial charge is 0.495 e. The van der Waals surface area contributed by atoms with E-state index in [0.717, 1.165) is 0 Å². The number of carbonyl (C=O) groups is 1. The van der Waals surface area contributed by atoms with Crippen molar-refractivity contribution < 1.29 is 14.3 Å². The number of amides is 1. The minimum atomic E-state index is -0.235. The first-order valence-corrected chi connectivity index (χ1v) is 5.18. The molecule has 0 bridgehead atoms. The molecule has 0 spiro atoms. The van der Waals surface area contributed by atoms with E-state index in [9.17, 15) is 4.79 Å². The first kappa shape index (κ1) is 12.8. The summed E-state index contributed by atoms with van der Waals surface area (Å²) in [5.74, 6) is 0.252. The van der Waals surface area contributed by atoms with Crippen molar-refractivity contribution in [2.75, 3.05) is 27.4 Å². The van der Waals surface area contributed by atoms with Crippen molar-refractivity contribution >= 4 is 17.5 Å². The summed E-state index contributed by atoms with van der Waals surface area (Å²) in [6.07, 6.45) is 0. The fourth-order valence-corrected chi connectivity index (χ4v) is 1.49. The molecular weight excluding hydrogens is 230 g/mol. The van der Waals surface area contributed by atoms with Crippen LogP contribution in [0.3, 0.4) is 0 Å². The van der Waals surface area contributed by atoms with E-state index in [-0.39, 0.29) is 5.91 Å². The van der Waals surface area contributed by atoms with Crippen molar-refractivity contribution in [3.05, 3.63) is 28.8 Å². The van der Waals surface area contributed by atoms with E-state index in [1.807, 2.05) is 0 Å². The summed E-state index contributed by atoms with van der Waals surface area (Å²) < 4.78 is 9.86. The summed E-state index contributed by atoms with van der Waals surface area (Å²) in [5.41, 5.74) is 0.400. The first-order chi connectivity index (χ1) is 7.70. The maximum Gasteiger partial charge on any atom is 0.253 e. The number of carbonyl (C=O) groups excluding carboxylic acids is 1. The molecule has 1 aromatic rings. The molecule has 1 aromatic carbocycles. The molecule has 0 aliphatic carbocycles. The highest BCUT2D eigenvalue weighted by atomic mass is 35.5. The van der Waals surface area contributed by atoms with E-state index >= 15 is 0 Å². The molecule has 16 heavy (non-hydrogen) atoms. The Morgan fingerprint density at radius 2 is 2.19 bits per heavy atom. The molecule has 88 valence electrons. The summed E-state index contributed by atoms with van der Waals surface area (Å²) in [6.45, 7) is 0.913. The summed E-state index contributed by atoms with van der Waals surface area (Å²) in [4.78, 5) is 11.7. The van der Waals surface area contributed by atoms with Crippen molar-refractivity contribution in [2.24, 2.45) is 0 Å². The predicted octanol–water partition coefficient (Wildman–Crippen LogP) is 1.72. The van der Waals surface area contributed by atoms with Gasteiger partial charge < -0.3 is 14.8 Å². The van der Waals surface area contributed by atoms with Crippen LogP contribution in [0.25, 0.3) is 0 Å². The molecule has 0 fully saturated rings. The van der Waals surface area contributed by atoms with Gasteiger partial charge in [0.05, 0.1) is 24.3 Å². The highest BCUT2D eigenvalue weighted by Gasteiger charge is 2.12. The Hall–Kier alpha value is -1.26. The maximum absolute atomic E-state index is 11.7. The van der Waals surface area contributed by atoms with Crippen LogP contribution in [0.2, 0.25) is 5.02 Å². The van der Waals surface area contributed by atoms with Crippen LogP contribution in [0.1, 0.15) is 10.4 Å². The van der Waals surface area contributed by atoms with Crippen molar-refractivity contribution in [1.29, 1.82) is 0 Å². The average molecular weight is 244 g/mol. The highest BCUT2D eigenvalue weighted by molar-refractivity contribution is 6.35. The number of methoxy groups -OCH3 is 2. The highest BCUT2D eigenvalue weighted by Crippen LogP contribution is 2.27. The molecule has 1 amide bonds. The second kappa shape index (κ2) is 6.35. The van der Waals surface area contributed by atoms with Gasteiger partial charge in [-0.2, -0.15) is 0 Å². The van der Waals surface area contributed by atoms with E-state index in [2.05, 4.69) is 5.32 Å². The SMILES string of the molecule is COCCNC(=O)c1cccc(OC)c1Cl. The maximum atomic E-state index is 11.7. The molecule has 0 radical (unpaired) electrons. The fraction of sp³-hybridized carbons (Fsp3) is 0.364. The zero-order valence-electron chi connectivity index (χ0n) is 9.25. The second-order valence-corrected chi connectivity index (χ2v) is 3.45. The van der Waals surface area contributed by atoms with Crippen LogP contribution >= 0.6 is 11.6 Å². The van der Waals surface area contributed by atoms with Gasteiger partial charge in [-0.3, -0.25) is 4.79 Å². The number of halogens is 1. The van der Waals surface area contributed by atoms with Gasteiger partial charge in [0.2, 0.25) is 0 Å². The molecule has 4 nitrogen and oxygen atoms in total. The van der Waals surface area contributed by atoms with Gasteiger partial charge in [0, 0.05) is 13.7 Å². The predicted molar refractivity (Wildman–Crippen MR) is 62.2 cm³/mol. The van der Waals surface area contributed by atoms with Crippen LogP contribution in [0.4, 0.5) is 0 Å². The van der Waals surface area contributed by atoms with Crippen LogP contribution in [0.15, 0.2) is 18.2 Å². The van der Waals surface area contributed by atoms with Gasteiger partial charge in [0.15, 0.2) is 0 Å². The monoisotopic (exact) mass is 243 g/mol. The summed E-state index contributed by atoms with van der Waals surface area (Å²) in [5, 5.41) is 3.01. The van der Waals surface area contributed by atoms with Gasteiger partial charge in [0.25, 0.3) is 5.91 Å². The van der Waals surface area contributed by atoms with Crippen molar-refractivity contribution in [1.82, 2.24) is 5.32 Å². The Bertz CT molecular complexity index is 368. The van der Waals surface area contributed by atoms with E-state index in [4.69, 9.17) is 21.1 Å². The topological polar surface area (TPSA) is 47.6 Å². The summed E-state index contributed by atoms with van der Waals surface area (Å²) in [6, 6.07) is 5.07. The molecule has 1 rings (SSSR count). The lowest BCUT2D eigenvalue weighted by molar-refractivity contribution is 0.0937. The van der Waals surface area contributed by atoms with Crippen molar-refractivity contribution in [3.63, 3.8) is 0 Å². The number of hydrogen-bond donors (Lipinski definition) is 1. The Labute approximate surface area is 99.5 Å². The van der Waals surface area contributed by atoms with Gasteiger partial charge in [-0.15, -0.1) is 0 Å². The Balaban J connectivity index is 2.75. The van der Waals surface area contributed by atoms with E-state index in [0.29, 0.717) is 29.5 Å². The Morgan fingerprint density at radius 1 is 1.44 bits per heavy atom. The fourth-order valence-electron chi connectivity index (χ4n) is 1.21. The summed E-state index contributed by atoms with van der Waals surface area (Å²) >= 11 is 6.00. The van der Waals surface area contributed by atoms with Gasteiger partial charge in [-0.05, 0) is 12.1 Å². The smallest absolute Gasteiger partial charge is 0.253 e. The first-order valence-electron chi connectivity index (χ1n) is 4.80. The molecule has 0 saturated carbocycles. The van der Waals surface area contributed by atoms with Crippen molar-refractivity contribution in [3.8, 4) is 5.75 Å². The van der Waals surface area contributed by atoms with Gasteiger partial charge >= 0.3 is 0 Å². The molecule has 0 aromatic heterocycles. The normalized spacial score (nSPS) is 9.94. The number of nitrogens with one attached hydrogen (secondary N) is 1. The zero-order valence-corrected chi connectivity index (χ0v) is 10.0. The lowest BCUT2D eigenvalue weighted by Gasteiger charge is -2.08. The minimum absolute atomic E-state index is 0.235. The second-order valence-electron chi connectivity index (χ2n) is 3.07. The Kier molecular flexibility index (Phi) is 5.08. The van der Waals surface area contributed by atoms with Crippen molar-refractivity contribution in [2.45, 2.75) is 0 Å². The minimum Gasteiger partial charge on any atom is -0.495 e. The number of benzene rings is 1. The van der Waals surface area contributed by atoms with E-state index < -0.39 is 0 Å². The van der Waals surface area contributed by atoms with E-state index in [1.165, 1.54) is 7.11 Å². The Morgan fingerprint density at radius 3 is 2.81 bits per heavy atom. The molecule has 0 aliphatic rings. The molecule has 1 N–H and O–H groups in total. The quantitative estimate of drug-likeness (QED) is 0.802. The van der Waals surface area contributed by atoms with Crippen LogP contribution in [-0.2, 0) is 4.74 Å². The molecule has 0 aliphatic heterocycles. The third-order valence-electron chi connectivity index (χ3n) is 2.02. The summed E-state index contributed by atoms with van der Waals surface area (Å²) in [7, 11) is 3.08. The molecule has 0 atom stereocenters. The standard InChI is InChI=1S/C11H14ClNO3/c1-15-7-6-13-11(14)8-4-3-5-9(16-2)10(8)12/h3-5H,6-7H2,1-2H3,(H,13,14). The third kappa shape index (κ3) is 3.12. The van der Waals surface area contributed by atoms with Crippen LogP contribution in [-0.4, -0.2) is 33.3 Å². The molecular formula is C11H14ClNO3. The third-order valence-corrected chi connectivity index (χ3v) is 2.41. The van der Waals surface area contributed by atoms with Crippen LogP contribution in [0.5, 0.6) is 5.75 Å². The van der Waals surface area contributed by atoms with Crippen LogP contribution in [0, 0.1) is 0 Å². The lowest BCUT2D eigenvalue weighted by Crippen LogP contribution is -2.27. The number of rotatable bonds is 5. The molecule has 0 unspecified atom stereocenters. The average Bonchev–Trinajstić information content (AvgIpc) is 2.29. The van der Waals surface area contributed by atoms with Gasteiger partial charge in [0.1, 0.15) is 5.75 Å². The van der Waals surface area contributed by atoms with Gasteiger partial charge in [-0.25, -0.2) is 0 Å². The van der Waals surface area contributed by atoms with Gasteiger partial charge in [-0.1, -0.05) is 17.7 Å². The number of ether oxygens (including phenoxy) is 2. The zero-order chi connectivity index (χ0) is 12.0. The lowest BCUT2D eigenvalue weighted by atomic mass is 10.2. The molecule has 0 heterocycles. The number of hydrogen-bond acceptors (Lipinski definition) is 3. The van der Waals surface area contributed by atoms with E-state index in [1.54, 1.807) is 25.3 Å². The molecule has 0 saturated heterocycles. The molecule has 5 heteroatoms.